The first kappa shape index (κ1) is 20.5. The molecule has 2 aliphatic rings. The van der Waals surface area contributed by atoms with Crippen molar-refractivity contribution in [1.82, 2.24) is 14.7 Å². The minimum Gasteiger partial charge on any atom is -0.496 e. The van der Waals surface area contributed by atoms with Crippen LogP contribution in [0.25, 0.3) is 0 Å². The van der Waals surface area contributed by atoms with Gasteiger partial charge in [0.05, 0.1) is 13.2 Å². The molecule has 0 spiro atoms. The van der Waals surface area contributed by atoms with E-state index in [-0.39, 0.29) is 24.3 Å². The molecule has 0 bridgehead atoms. The van der Waals surface area contributed by atoms with Crippen LogP contribution in [-0.2, 0) is 16.1 Å². The zero-order chi connectivity index (χ0) is 20.1. The van der Waals surface area contributed by atoms with Crippen LogP contribution in [-0.4, -0.2) is 84.1 Å². The number of likely N-dealkylation sites (tertiary alicyclic amines) is 1. The molecule has 1 aromatic carbocycles. The Hall–Kier alpha value is -2.19. The molecule has 2 aliphatic heterocycles. The molecule has 0 saturated carbocycles. The summed E-state index contributed by atoms with van der Waals surface area (Å²) >= 11 is 0. The smallest absolute Gasteiger partial charge is 0.323 e. The fourth-order valence-electron chi connectivity index (χ4n) is 4.09. The average molecular weight is 393 g/mol. The number of amides is 1. The minimum absolute atomic E-state index is 0.0693. The van der Waals surface area contributed by atoms with Gasteiger partial charge < -0.3 is 14.7 Å². The normalized spacial score (nSPS) is 22.1. The van der Waals surface area contributed by atoms with Crippen LogP contribution in [0.5, 0.6) is 5.75 Å². The van der Waals surface area contributed by atoms with Gasteiger partial charge in [0, 0.05) is 44.8 Å². The van der Waals surface area contributed by atoms with Gasteiger partial charge in [-0.05, 0) is 37.5 Å². The summed E-state index contributed by atoms with van der Waals surface area (Å²) in [6.07, 6.45) is 2.54. The second-order valence-electron chi connectivity index (χ2n) is 7.43. The van der Waals surface area contributed by atoms with Crippen LogP contribution in [0, 0.1) is 5.82 Å². The van der Waals surface area contributed by atoms with Gasteiger partial charge >= 0.3 is 5.97 Å². The molecule has 2 saturated heterocycles. The number of benzene rings is 1. The Morgan fingerprint density at radius 1 is 1.21 bits per heavy atom. The van der Waals surface area contributed by atoms with Gasteiger partial charge in [0.1, 0.15) is 18.1 Å². The van der Waals surface area contributed by atoms with Crippen molar-refractivity contribution in [3.63, 3.8) is 0 Å². The van der Waals surface area contributed by atoms with Crippen LogP contribution in [0.15, 0.2) is 18.2 Å². The van der Waals surface area contributed by atoms with Crippen molar-refractivity contribution < 1.29 is 23.8 Å². The Morgan fingerprint density at radius 2 is 1.96 bits per heavy atom. The van der Waals surface area contributed by atoms with Crippen LogP contribution < -0.4 is 4.74 Å². The van der Waals surface area contributed by atoms with Gasteiger partial charge in [0.15, 0.2) is 0 Å². The van der Waals surface area contributed by atoms with Crippen LogP contribution in [0.2, 0.25) is 0 Å². The number of carboxylic acids is 1. The van der Waals surface area contributed by atoms with Crippen molar-refractivity contribution in [3.8, 4) is 5.75 Å². The standard InChI is InChI=1S/C20H28FN3O4/c1-28-18-6-5-16(21)12-15(18)13-22-8-10-23(11-9-22)17-4-2-3-7-24(20(17)27)14-19(25)26/h5-6,12,17H,2-4,7-11,13-14H2,1H3,(H,25,26). The quantitative estimate of drug-likeness (QED) is 0.788. The molecule has 1 N–H and O–H groups in total. The molecular weight excluding hydrogens is 365 g/mol. The van der Waals surface area contributed by atoms with Crippen molar-refractivity contribution in [3.05, 3.63) is 29.6 Å². The Morgan fingerprint density at radius 3 is 2.64 bits per heavy atom. The first-order chi connectivity index (χ1) is 13.5. The Labute approximate surface area is 164 Å². The average Bonchev–Trinajstić information content (AvgIpc) is 2.84. The highest BCUT2D eigenvalue weighted by Gasteiger charge is 2.34. The summed E-state index contributed by atoms with van der Waals surface area (Å²) in [7, 11) is 1.58. The zero-order valence-corrected chi connectivity index (χ0v) is 16.3. The molecule has 0 radical (unpaired) electrons. The molecule has 154 valence electrons. The molecule has 1 aromatic rings. The molecule has 2 heterocycles. The second-order valence-corrected chi connectivity index (χ2v) is 7.43. The Balaban J connectivity index is 1.59. The second kappa shape index (κ2) is 9.34. The lowest BCUT2D eigenvalue weighted by Gasteiger charge is -2.39. The molecule has 1 unspecified atom stereocenters. The van der Waals surface area contributed by atoms with Gasteiger partial charge in [-0.2, -0.15) is 0 Å². The molecule has 1 amide bonds. The maximum Gasteiger partial charge on any atom is 0.323 e. The number of rotatable bonds is 6. The van der Waals surface area contributed by atoms with Crippen molar-refractivity contribution in [2.45, 2.75) is 31.8 Å². The number of carbonyl (C=O) groups excluding carboxylic acids is 1. The number of hydrogen-bond acceptors (Lipinski definition) is 5. The number of ether oxygens (including phenoxy) is 1. The molecule has 2 fully saturated rings. The third kappa shape index (κ3) is 4.99. The van der Waals surface area contributed by atoms with Crippen molar-refractivity contribution in [2.75, 3.05) is 46.4 Å². The summed E-state index contributed by atoms with van der Waals surface area (Å²) in [5, 5.41) is 9.06. The highest BCUT2D eigenvalue weighted by Crippen LogP contribution is 2.23. The van der Waals surface area contributed by atoms with E-state index in [1.165, 1.54) is 17.0 Å². The van der Waals surface area contributed by atoms with E-state index in [4.69, 9.17) is 9.84 Å². The van der Waals surface area contributed by atoms with Crippen LogP contribution in [0.3, 0.4) is 0 Å². The van der Waals surface area contributed by atoms with Gasteiger partial charge in [-0.1, -0.05) is 0 Å². The highest BCUT2D eigenvalue weighted by molar-refractivity contribution is 5.85. The number of carboxylic acid groups (broad SMARTS) is 1. The molecule has 3 rings (SSSR count). The van der Waals surface area contributed by atoms with Crippen molar-refractivity contribution in [2.24, 2.45) is 0 Å². The number of hydrogen-bond donors (Lipinski definition) is 1. The molecule has 1 atom stereocenters. The zero-order valence-electron chi connectivity index (χ0n) is 16.3. The molecule has 7 nitrogen and oxygen atoms in total. The highest BCUT2D eigenvalue weighted by atomic mass is 19.1. The largest absolute Gasteiger partial charge is 0.496 e. The van der Waals surface area contributed by atoms with E-state index in [0.717, 1.165) is 51.0 Å². The number of carbonyl (C=O) groups is 2. The van der Waals surface area contributed by atoms with E-state index >= 15 is 0 Å². The summed E-state index contributed by atoms with van der Waals surface area (Å²) in [5.41, 5.74) is 0.814. The van der Waals surface area contributed by atoms with Crippen molar-refractivity contribution in [1.29, 1.82) is 0 Å². The van der Waals surface area contributed by atoms with Gasteiger partial charge in [0.25, 0.3) is 0 Å². The lowest BCUT2D eigenvalue weighted by Crippen LogP contribution is -2.55. The molecule has 0 aromatic heterocycles. The van der Waals surface area contributed by atoms with Crippen LogP contribution >= 0.6 is 0 Å². The fourth-order valence-corrected chi connectivity index (χ4v) is 4.09. The number of methoxy groups -OCH3 is 1. The van der Waals surface area contributed by atoms with Crippen molar-refractivity contribution >= 4 is 11.9 Å². The van der Waals surface area contributed by atoms with E-state index < -0.39 is 5.97 Å². The van der Waals surface area contributed by atoms with Gasteiger partial charge in [-0.15, -0.1) is 0 Å². The van der Waals surface area contributed by atoms with Gasteiger partial charge in [-0.3, -0.25) is 19.4 Å². The maximum absolute atomic E-state index is 13.6. The SMILES string of the molecule is COc1ccc(F)cc1CN1CCN(C2CCCCN(CC(=O)O)C2=O)CC1. The van der Waals surface area contributed by atoms with E-state index in [2.05, 4.69) is 9.80 Å². The molecular formula is C20H28FN3O4. The predicted molar refractivity (Wildman–Crippen MR) is 102 cm³/mol. The number of aliphatic carboxylic acids is 1. The minimum atomic E-state index is -0.970. The molecule has 28 heavy (non-hydrogen) atoms. The number of nitrogens with zero attached hydrogens (tertiary/aromatic N) is 3. The van der Waals surface area contributed by atoms with Crippen LogP contribution in [0.1, 0.15) is 24.8 Å². The first-order valence-electron chi connectivity index (χ1n) is 9.77. The first-order valence-corrected chi connectivity index (χ1v) is 9.77. The number of piperazine rings is 1. The van der Waals surface area contributed by atoms with E-state index in [9.17, 15) is 14.0 Å². The summed E-state index contributed by atoms with van der Waals surface area (Å²) < 4.78 is 18.9. The van der Waals surface area contributed by atoms with E-state index in [1.807, 2.05) is 0 Å². The monoisotopic (exact) mass is 393 g/mol. The van der Waals surface area contributed by atoms with Gasteiger partial charge in [-0.25, -0.2) is 4.39 Å². The fraction of sp³-hybridized carbons (Fsp3) is 0.600. The third-order valence-electron chi connectivity index (χ3n) is 5.56. The molecule has 0 aliphatic carbocycles. The topological polar surface area (TPSA) is 73.3 Å². The summed E-state index contributed by atoms with van der Waals surface area (Å²) in [6.45, 7) is 3.88. The Bertz CT molecular complexity index is 707. The lowest BCUT2D eigenvalue weighted by molar-refractivity contribution is -0.146. The predicted octanol–water partition coefficient (Wildman–Crippen LogP) is 1.42. The van der Waals surface area contributed by atoms with E-state index in [0.29, 0.717) is 18.8 Å². The lowest BCUT2D eigenvalue weighted by atomic mass is 10.1. The summed E-state index contributed by atoms with van der Waals surface area (Å²) in [4.78, 5) is 29.7. The number of halogens is 1. The third-order valence-corrected chi connectivity index (χ3v) is 5.56. The van der Waals surface area contributed by atoms with Gasteiger partial charge in [0.2, 0.25) is 5.91 Å². The van der Waals surface area contributed by atoms with Crippen LogP contribution in [0.4, 0.5) is 4.39 Å². The Kier molecular flexibility index (Phi) is 6.85. The van der Waals surface area contributed by atoms with E-state index in [1.54, 1.807) is 13.2 Å². The summed E-state index contributed by atoms with van der Waals surface area (Å²) in [5.74, 6) is -0.646. The maximum atomic E-state index is 13.6. The summed E-state index contributed by atoms with van der Waals surface area (Å²) in [6, 6.07) is 4.29. The molecule has 8 heteroatoms.